The summed E-state index contributed by atoms with van der Waals surface area (Å²) in [5.74, 6) is 1.59. The van der Waals surface area contributed by atoms with Gasteiger partial charge in [0.25, 0.3) is 0 Å². The minimum absolute atomic E-state index is 0.766. The molecule has 0 unspecified atom stereocenters. The van der Waals surface area contributed by atoms with Gasteiger partial charge in [-0.25, -0.2) is 4.98 Å². The fraction of sp³-hybridized carbons (Fsp3) is 0.207. The van der Waals surface area contributed by atoms with Crippen LogP contribution in [0.5, 0.6) is 11.5 Å². The van der Waals surface area contributed by atoms with Crippen molar-refractivity contribution in [2.24, 2.45) is 0 Å². The van der Waals surface area contributed by atoms with Crippen molar-refractivity contribution in [3.8, 4) is 22.9 Å². The number of benzene rings is 3. The van der Waals surface area contributed by atoms with Gasteiger partial charge in [0.05, 0.1) is 25.6 Å². The standard InChI is InChI=1S/C29H26N2O2/c1-18-8-4-5-9-20(18)17-31-24-11-7-6-10-21(24)22-13-12-19-16-23-25(32-2)14-15-26(33-3)28(23)30-27(19)29(22)31/h4-11,14-16H,12-13,17H2,1-3H3. The molecule has 0 fully saturated rings. The number of nitrogens with zero attached hydrogens (tertiary/aromatic N) is 2. The highest BCUT2D eigenvalue weighted by Crippen LogP contribution is 2.43. The number of para-hydroxylation sites is 1. The van der Waals surface area contributed by atoms with Crippen LogP contribution in [0.4, 0.5) is 0 Å². The quantitative estimate of drug-likeness (QED) is 0.332. The number of hydrogen-bond acceptors (Lipinski definition) is 3. The van der Waals surface area contributed by atoms with E-state index < -0.39 is 0 Å². The van der Waals surface area contributed by atoms with E-state index in [1.165, 1.54) is 38.9 Å². The summed E-state index contributed by atoms with van der Waals surface area (Å²) in [6.07, 6.45) is 1.97. The van der Waals surface area contributed by atoms with Crippen LogP contribution in [0.25, 0.3) is 33.2 Å². The molecule has 4 heteroatoms. The smallest absolute Gasteiger partial charge is 0.145 e. The van der Waals surface area contributed by atoms with E-state index in [0.717, 1.165) is 47.5 Å². The van der Waals surface area contributed by atoms with Crippen molar-refractivity contribution in [1.29, 1.82) is 0 Å². The Morgan fingerprint density at radius 1 is 0.848 bits per heavy atom. The molecule has 0 aliphatic heterocycles. The van der Waals surface area contributed by atoms with E-state index in [-0.39, 0.29) is 0 Å². The number of aromatic nitrogens is 2. The van der Waals surface area contributed by atoms with Crippen LogP contribution in [-0.4, -0.2) is 23.8 Å². The first kappa shape index (κ1) is 19.9. The highest BCUT2D eigenvalue weighted by molar-refractivity contribution is 5.97. The third kappa shape index (κ3) is 3.01. The van der Waals surface area contributed by atoms with Crippen LogP contribution in [0.1, 0.15) is 22.3 Å². The zero-order valence-corrected chi connectivity index (χ0v) is 19.2. The lowest BCUT2D eigenvalue weighted by Gasteiger charge is -2.21. The van der Waals surface area contributed by atoms with Gasteiger partial charge in [0, 0.05) is 22.8 Å². The van der Waals surface area contributed by atoms with E-state index in [1.807, 2.05) is 12.1 Å². The molecule has 164 valence electrons. The molecule has 2 heterocycles. The van der Waals surface area contributed by atoms with Gasteiger partial charge >= 0.3 is 0 Å². The fourth-order valence-corrected chi connectivity index (χ4v) is 5.27. The van der Waals surface area contributed by atoms with Crippen LogP contribution < -0.4 is 9.47 Å². The number of aryl methyl sites for hydroxylation is 3. The van der Waals surface area contributed by atoms with Gasteiger partial charge in [0.2, 0.25) is 0 Å². The Hall–Kier alpha value is -3.79. The van der Waals surface area contributed by atoms with Crippen LogP contribution in [0, 0.1) is 6.92 Å². The van der Waals surface area contributed by atoms with Gasteiger partial charge in [-0.1, -0.05) is 42.5 Å². The molecule has 6 rings (SSSR count). The normalized spacial score (nSPS) is 12.6. The molecule has 1 aliphatic rings. The van der Waals surface area contributed by atoms with Crippen molar-refractivity contribution in [2.45, 2.75) is 26.3 Å². The number of pyridine rings is 1. The SMILES string of the molecule is COc1ccc(OC)c2nc3c(cc12)CCc1c-3n(Cc2ccccc2C)c2ccccc12. The van der Waals surface area contributed by atoms with Crippen LogP contribution in [0.15, 0.2) is 66.7 Å². The molecule has 1 aliphatic carbocycles. The molecule has 4 nitrogen and oxygen atoms in total. The lowest BCUT2D eigenvalue weighted by atomic mass is 9.91. The Balaban J connectivity index is 1.66. The summed E-state index contributed by atoms with van der Waals surface area (Å²) in [4.78, 5) is 5.23. The van der Waals surface area contributed by atoms with Crippen molar-refractivity contribution < 1.29 is 9.47 Å². The maximum atomic E-state index is 5.68. The molecule has 0 spiro atoms. The van der Waals surface area contributed by atoms with E-state index in [9.17, 15) is 0 Å². The van der Waals surface area contributed by atoms with Gasteiger partial charge in [0.1, 0.15) is 17.0 Å². The first-order valence-electron chi connectivity index (χ1n) is 11.4. The molecular weight excluding hydrogens is 408 g/mol. The summed E-state index contributed by atoms with van der Waals surface area (Å²) in [7, 11) is 3.40. The average Bonchev–Trinajstić information content (AvgIpc) is 3.17. The first-order chi connectivity index (χ1) is 16.2. The lowest BCUT2D eigenvalue weighted by molar-refractivity contribution is 0.409. The molecule has 0 N–H and O–H groups in total. The number of fused-ring (bicyclic) bond motifs is 6. The van der Waals surface area contributed by atoms with Crippen molar-refractivity contribution in [3.05, 3.63) is 89.0 Å². The number of rotatable bonds is 4. The second-order valence-corrected chi connectivity index (χ2v) is 8.72. The topological polar surface area (TPSA) is 36.3 Å². The molecule has 5 aromatic rings. The van der Waals surface area contributed by atoms with Gasteiger partial charge in [-0.05, 0) is 66.3 Å². The third-order valence-electron chi connectivity index (χ3n) is 6.96. The Bertz CT molecular complexity index is 1530. The van der Waals surface area contributed by atoms with E-state index in [4.69, 9.17) is 14.5 Å². The van der Waals surface area contributed by atoms with Crippen LogP contribution in [-0.2, 0) is 19.4 Å². The Kier molecular flexibility index (Phi) is 4.61. The van der Waals surface area contributed by atoms with Crippen molar-refractivity contribution >= 4 is 21.8 Å². The summed E-state index contributed by atoms with van der Waals surface area (Å²) in [5, 5.41) is 2.33. The summed E-state index contributed by atoms with van der Waals surface area (Å²) in [6, 6.07) is 23.5. The van der Waals surface area contributed by atoms with E-state index in [0.29, 0.717) is 0 Å². The lowest BCUT2D eigenvalue weighted by Crippen LogP contribution is -2.11. The third-order valence-corrected chi connectivity index (χ3v) is 6.96. The maximum absolute atomic E-state index is 5.68. The molecule has 0 amide bonds. The minimum Gasteiger partial charge on any atom is -0.496 e. The van der Waals surface area contributed by atoms with Gasteiger partial charge in [-0.15, -0.1) is 0 Å². The minimum atomic E-state index is 0.766. The molecule has 0 saturated carbocycles. The zero-order chi connectivity index (χ0) is 22.5. The van der Waals surface area contributed by atoms with E-state index >= 15 is 0 Å². The summed E-state index contributed by atoms with van der Waals surface area (Å²) >= 11 is 0. The summed E-state index contributed by atoms with van der Waals surface area (Å²) in [5.41, 5.74) is 9.67. The van der Waals surface area contributed by atoms with Crippen LogP contribution in [0.2, 0.25) is 0 Å². The van der Waals surface area contributed by atoms with Gasteiger partial charge in [-0.2, -0.15) is 0 Å². The highest BCUT2D eigenvalue weighted by atomic mass is 16.5. The summed E-state index contributed by atoms with van der Waals surface area (Å²) < 4.78 is 13.8. The molecule has 33 heavy (non-hydrogen) atoms. The number of methoxy groups -OCH3 is 2. The molecule has 0 saturated heterocycles. The second kappa shape index (κ2) is 7.66. The largest absolute Gasteiger partial charge is 0.496 e. The Morgan fingerprint density at radius 2 is 1.61 bits per heavy atom. The number of hydrogen-bond donors (Lipinski definition) is 0. The summed E-state index contributed by atoms with van der Waals surface area (Å²) in [6.45, 7) is 3.00. The molecule has 2 aromatic heterocycles. The zero-order valence-electron chi connectivity index (χ0n) is 19.2. The van der Waals surface area contributed by atoms with Crippen LogP contribution >= 0.6 is 0 Å². The monoisotopic (exact) mass is 434 g/mol. The van der Waals surface area contributed by atoms with Crippen LogP contribution in [0.3, 0.4) is 0 Å². The maximum Gasteiger partial charge on any atom is 0.145 e. The fourth-order valence-electron chi connectivity index (χ4n) is 5.27. The molecule has 0 bridgehead atoms. The molecular formula is C29H26N2O2. The molecule has 0 atom stereocenters. The molecule has 3 aromatic carbocycles. The molecule has 0 radical (unpaired) electrons. The average molecular weight is 435 g/mol. The number of ether oxygens (including phenoxy) is 2. The van der Waals surface area contributed by atoms with E-state index in [2.05, 4.69) is 66.1 Å². The Morgan fingerprint density at radius 3 is 2.42 bits per heavy atom. The first-order valence-corrected chi connectivity index (χ1v) is 11.4. The Labute approximate surface area is 193 Å². The van der Waals surface area contributed by atoms with Crippen molar-refractivity contribution in [3.63, 3.8) is 0 Å². The van der Waals surface area contributed by atoms with Crippen molar-refractivity contribution in [1.82, 2.24) is 9.55 Å². The van der Waals surface area contributed by atoms with Crippen molar-refractivity contribution in [2.75, 3.05) is 14.2 Å². The van der Waals surface area contributed by atoms with Gasteiger partial charge in [0.15, 0.2) is 0 Å². The van der Waals surface area contributed by atoms with Gasteiger partial charge in [-0.3, -0.25) is 0 Å². The predicted molar refractivity (Wildman–Crippen MR) is 133 cm³/mol. The second-order valence-electron chi connectivity index (χ2n) is 8.72. The predicted octanol–water partition coefficient (Wildman–Crippen LogP) is 6.33. The van der Waals surface area contributed by atoms with Gasteiger partial charge < -0.3 is 14.0 Å². The van der Waals surface area contributed by atoms with E-state index in [1.54, 1.807) is 14.2 Å². The highest BCUT2D eigenvalue weighted by Gasteiger charge is 2.27.